The van der Waals surface area contributed by atoms with E-state index in [1.807, 2.05) is 0 Å². The lowest BCUT2D eigenvalue weighted by Crippen LogP contribution is -2.57. The van der Waals surface area contributed by atoms with Crippen molar-refractivity contribution in [3.63, 3.8) is 0 Å². The average molecular weight is 278 g/mol. The number of urea groups is 1. The van der Waals surface area contributed by atoms with Crippen LogP contribution in [-0.4, -0.2) is 32.8 Å². The van der Waals surface area contributed by atoms with Crippen LogP contribution in [0.4, 0.5) is 4.79 Å². The maximum Gasteiger partial charge on any atom is 0.329 e. The quantitative estimate of drug-likeness (QED) is 0.764. The highest BCUT2D eigenvalue weighted by atomic mass is 16.4. The van der Waals surface area contributed by atoms with E-state index in [0.29, 0.717) is 18.5 Å². The number of nitrogens with zero attached hydrogens (tertiary/aromatic N) is 2. The van der Waals surface area contributed by atoms with E-state index in [0.717, 1.165) is 19.3 Å². The molecule has 1 aliphatic rings. The van der Waals surface area contributed by atoms with Crippen molar-refractivity contribution in [2.75, 3.05) is 0 Å². The molecule has 0 atom stereocenters. The lowest BCUT2D eigenvalue weighted by atomic mass is 9.82. The van der Waals surface area contributed by atoms with Crippen LogP contribution < -0.4 is 10.6 Å². The van der Waals surface area contributed by atoms with Crippen LogP contribution in [-0.2, 0) is 11.3 Å². The number of carboxylic acids is 1. The molecule has 1 aliphatic carbocycles. The Kier molecular flexibility index (Phi) is 4.49. The zero-order chi connectivity index (χ0) is 14.4. The highest BCUT2D eigenvalue weighted by molar-refractivity contribution is 5.86. The van der Waals surface area contributed by atoms with E-state index in [-0.39, 0.29) is 6.54 Å². The number of nitrogens with one attached hydrogen (secondary N) is 2. The second kappa shape index (κ2) is 6.31. The first-order chi connectivity index (χ1) is 9.62. The molecule has 7 heteroatoms. The smallest absolute Gasteiger partial charge is 0.329 e. The number of aliphatic carboxylic acids is 1. The molecule has 0 bridgehead atoms. The molecule has 0 radical (unpaired) electrons. The first kappa shape index (κ1) is 14.2. The molecule has 2 rings (SSSR count). The summed E-state index contributed by atoms with van der Waals surface area (Å²) >= 11 is 0. The van der Waals surface area contributed by atoms with Crippen molar-refractivity contribution in [2.45, 2.75) is 44.2 Å². The van der Waals surface area contributed by atoms with Crippen LogP contribution in [0.5, 0.6) is 0 Å². The van der Waals surface area contributed by atoms with E-state index in [1.165, 1.54) is 0 Å². The Labute approximate surface area is 116 Å². The van der Waals surface area contributed by atoms with Gasteiger partial charge in [0, 0.05) is 6.20 Å². The first-order valence-electron chi connectivity index (χ1n) is 6.68. The fraction of sp³-hybridized carbons (Fsp3) is 0.538. The summed E-state index contributed by atoms with van der Waals surface area (Å²) < 4.78 is 0. The molecule has 0 aromatic carbocycles. The minimum Gasteiger partial charge on any atom is -0.480 e. The van der Waals surface area contributed by atoms with E-state index in [4.69, 9.17) is 0 Å². The van der Waals surface area contributed by atoms with Gasteiger partial charge < -0.3 is 15.7 Å². The third kappa shape index (κ3) is 3.43. The summed E-state index contributed by atoms with van der Waals surface area (Å²) in [4.78, 5) is 23.3. The van der Waals surface area contributed by atoms with Crippen molar-refractivity contribution < 1.29 is 14.7 Å². The molecule has 108 valence electrons. The topological polar surface area (TPSA) is 104 Å². The van der Waals surface area contributed by atoms with E-state index in [9.17, 15) is 14.7 Å². The maximum absolute atomic E-state index is 11.9. The normalized spacial score (nSPS) is 17.2. The summed E-state index contributed by atoms with van der Waals surface area (Å²) in [6, 6.07) is 2.97. The lowest BCUT2D eigenvalue weighted by molar-refractivity contribution is -0.145. The van der Waals surface area contributed by atoms with Crippen LogP contribution in [0.3, 0.4) is 0 Å². The SMILES string of the molecule is O=C(NCc1cccnn1)NC1(C(=O)O)CCCCC1. The molecule has 7 nitrogen and oxygen atoms in total. The Bertz CT molecular complexity index is 472. The Morgan fingerprint density at radius 1 is 1.30 bits per heavy atom. The van der Waals surface area contributed by atoms with Gasteiger partial charge >= 0.3 is 12.0 Å². The number of hydrogen-bond acceptors (Lipinski definition) is 4. The lowest BCUT2D eigenvalue weighted by Gasteiger charge is -2.33. The zero-order valence-electron chi connectivity index (χ0n) is 11.1. The zero-order valence-corrected chi connectivity index (χ0v) is 11.1. The molecule has 20 heavy (non-hydrogen) atoms. The summed E-state index contributed by atoms with van der Waals surface area (Å²) in [5.74, 6) is -0.966. The van der Waals surface area contributed by atoms with Gasteiger partial charge in [0.15, 0.2) is 0 Å². The van der Waals surface area contributed by atoms with Gasteiger partial charge in [-0.2, -0.15) is 10.2 Å². The first-order valence-corrected chi connectivity index (χ1v) is 6.68. The minimum atomic E-state index is -1.13. The van der Waals surface area contributed by atoms with Gasteiger partial charge in [-0.3, -0.25) is 0 Å². The van der Waals surface area contributed by atoms with Crippen LogP contribution in [0.1, 0.15) is 37.8 Å². The van der Waals surface area contributed by atoms with Crippen molar-refractivity contribution in [1.82, 2.24) is 20.8 Å². The molecular formula is C13H18N4O3. The summed E-state index contributed by atoms with van der Waals surface area (Å²) in [5, 5.41) is 22.1. The molecule has 1 aromatic heterocycles. The van der Waals surface area contributed by atoms with Crippen molar-refractivity contribution in [2.24, 2.45) is 0 Å². The number of aromatic nitrogens is 2. The Hall–Kier alpha value is -2.18. The van der Waals surface area contributed by atoms with Gasteiger partial charge in [0.05, 0.1) is 12.2 Å². The van der Waals surface area contributed by atoms with Crippen LogP contribution in [0.25, 0.3) is 0 Å². The molecule has 0 aliphatic heterocycles. The molecule has 1 heterocycles. The molecule has 3 N–H and O–H groups in total. The standard InChI is InChI=1S/C13H18N4O3/c18-11(19)13(6-2-1-3-7-13)16-12(20)14-9-10-5-4-8-15-17-10/h4-5,8H,1-3,6-7,9H2,(H,18,19)(H2,14,16,20). The minimum absolute atomic E-state index is 0.218. The molecule has 1 fully saturated rings. The van der Waals surface area contributed by atoms with Crippen LogP contribution in [0.2, 0.25) is 0 Å². The molecular weight excluding hydrogens is 260 g/mol. The average Bonchev–Trinajstić information content (AvgIpc) is 2.47. The highest BCUT2D eigenvalue weighted by Gasteiger charge is 2.40. The molecule has 0 saturated heterocycles. The number of carbonyl (C=O) groups is 2. The molecule has 0 spiro atoms. The van der Waals surface area contributed by atoms with Crippen LogP contribution in [0, 0.1) is 0 Å². The van der Waals surface area contributed by atoms with Gasteiger partial charge in [-0.25, -0.2) is 9.59 Å². The van der Waals surface area contributed by atoms with Gasteiger partial charge in [0.2, 0.25) is 0 Å². The van der Waals surface area contributed by atoms with Gasteiger partial charge in [-0.05, 0) is 25.0 Å². The monoisotopic (exact) mass is 278 g/mol. The van der Waals surface area contributed by atoms with E-state index < -0.39 is 17.5 Å². The van der Waals surface area contributed by atoms with Gasteiger partial charge in [-0.15, -0.1) is 0 Å². The fourth-order valence-corrected chi connectivity index (χ4v) is 2.41. The fourth-order valence-electron chi connectivity index (χ4n) is 2.41. The van der Waals surface area contributed by atoms with Gasteiger partial charge in [-0.1, -0.05) is 19.3 Å². The maximum atomic E-state index is 11.9. The van der Waals surface area contributed by atoms with Crippen molar-refractivity contribution in [1.29, 1.82) is 0 Å². The Balaban J connectivity index is 1.90. The molecule has 2 amide bonds. The van der Waals surface area contributed by atoms with E-state index >= 15 is 0 Å². The predicted molar refractivity (Wildman–Crippen MR) is 70.9 cm³/mol. The summed E-state index contributed by atoms with van der Waals surface area (Å²) in [6.07, 6.45) is 5.14. The van der Waals surface area contributed by atoms with Crippen LogP contribution in [0.15, 0.2) is 18.3 Å². The van der Waals surface area contributed by atoms with Crippen molar-refractivity contribution in [3.8, 4) is 0 Å². The summed E-state index contributed by atoms with van der Waals surface area (Å²) in [5.41, 5.74) is -0.513. The van der Waals surface area contributed by atoms with Crippen molar-refractivity contribution in [3.05, 3.63) is 24.0 Å². The van der Waals surface area contributed by atoms with E-state index in [2.05, 4.69) is 20.8 Å². The third-order valence-corrected chi connectivity index (χ3v) is 3.53. The summed E-state index contributed by atoms with van der Waals surface area (Å²) in [7, 11) is 0. The highest BCUT2D eigenvalue weighted by Crippen LogP contribution is 2.28. The molecule has 1 aromatic rings. The Morgan fingerprint density at radius 2 is 2.05 bits per heavy atom. The predicted octanol–water partition coefficient (Wildman–Crippen LogP) is 1.06. The Morgan fingerprint density at radius 3 is 2.65 bits per heavy atom. The second-order valence-electron chi connectivity index (χ2n) is 4.97. The number of amides is 2. The van der Waals surface area contributed by atoms with E-state index in [1.54, 1.807) is 18.3 Å². The number of carboxylic acid groups (broad SMARTS) is 1. The molecule has 1 saturated carbocycles. The molecule has 0 unspecified atom stereocenters. The largest absolute Gasteiger partial charge is 0.480 e. The summed E-state index contributed by atoms with van der Waals surface area (Å²) in [6.45, 7) is 0.218. The van der Waals surface area contributed by atoms with Gasteiger partial charge in [0.25, 0.3) is 0 Å². The number of rotatable bonds is 4. The second-order valence-corrected chi connectivity index (χ2v) is 4.97. The number of hydrogen-bond donors (Lipinski definition) is 3. The number of carbonyl (C=O) groups excluding carboxylic acids is 1. The van der Waals surface area contributed by atoms with Crippen molar-refractivity contribution >= 4 is 12.0 Å². The van der Waals surface area contributed by atoms with Crippen LogP contribution >= 0.6 is 0 Å². The van der Waals surface area contributed by atoms with Gasteiger partial charge in [0.1, 0.15) is 5.54 Å². The third-order valence-electron chi connectivity index (χ3n) is 3.53.